The van der Waals surface area contributed by atoms with Gasteiger partial charge in [-0.1, -0.05) is 0 Å². The number of imidazole rings is 2. The van der Waals surface area contributed by atoms with E-state index in [0.717, 1.165) is 99.5 Å². The number of benzene rings is 2. The molecule has 6 aromatic heterocycles. The van der Waals surface area contributed by atoms with Gasteiger partial charge in [0.15, 0.2) is 22.9 Å². The van der Waals surface area contributed by atoms with Gasteiger partial charge in [-0.25, -0.2) is 29.9 Å². The molecular weight excluding hydrogens is 961 g/mol. The normalized spacial score (nSPS) is 14.3. The molecule has 352 valence electrons. The average molecular weight is 1010 g/mol. The summed E-state index contributed by atoms with van der Waals surface area (Å²) in [5.41, 5.74) is 4.31. The summed E-state index contributed by atoms with van der Waals surface area (Å²) in [5, 5.41) is 29.6. The summed E-state index contributed by atoms with van der Waals surface area (Å²) < 4.78 is 26.8. The van der Waals surface area contributed by atoms with Gasteiger partial charge in [0, 0.05) is 105 Å². The highest BCUT2D eigenvalue weighted by Crippen LogP contribution is 2.36. The number of hydrogen-bond acceptors (Lipinski definition) is 18. The number of rotatable bonds is 11. The number of fused-ring (bicyclic) bond motifs is 2. The summed E-state index contributed by atoms with van der Waals surface area (Å²) in [6, 6.07) is 12.1. The van der Waals surface area contributed by atoms with Crippen molar-refractivity contribution in [2.75, 3.05) is 87.3 Å². The Morgan fingerprint density at radius 3 is 1.66 bits per heavy atom. The van der Waals surface area contributed by atoms with E-state index in [0.29, 0.717) is 35.5 Å². The third-order valence-electron chi connectivity index (χ3n) is 10.5. The number of methoxy groups -OCH3 is 2. The second-order valence-corrected chi connectivity index (χ2v) is 19.1. The first kappa shape index (κ1) is 47.5. The molecule has 10 rings (SSSR count). The fraction of sp³-hybridized carbons (Fsp3) is 0.348. The Balaban J connectivity index is 0.000000157. The lowest BCUT2D eigenvalue weighted by Crippen LogP contribution is -2.36. The van der Waals surface area contributed by atoms with Gasteiger partial charge in [-0.05, 0) is 67.9 Å². The third-order valence-corrected chi connectivity index (χ3v) is 13.3. The standard InChI is InChI=1S/C23H26N6O3S.C17H18BrN5O2.C6H9NOS/c1-23(2,30)22-25-13-19(33-22)16-14-29-7-6-24-21(29)20(27-16)26-15-4-5-17(18(12-15)31-3)28-8-10-32-11-9-28;1-24-14-10-12(2-3-13(14)22-6-8-25-9-7-22)20-16-17-19-4-5-23(17)11-15(18)21-16;1-6(2,8)5-7-3-4-9-5/h4-7,12-14,30H,8-11H2,1-3H3,(H,26,27);2-5,10-11H,6-9H2,1H3,(H,20,21);3-4,8H,1-2H3. The second-order valence-electron chi connectivity index (χ2n) is 16.4. The highest BCUT2D eigenvalue weighted by atomic mass is 79.9. The van der Waals surface area contributed by atoms with Crippen LogP contribution in [0.5, 0.6) is 11.5 Å². The quantitative estimate of drug-likeness (QED) is 0.0970. The van der Waals surface area contributed by atoms with Crippen molar-refractivity contribution in [3.8, 4) is 22.1 Å². The van der Waals surface area contributed by atoms with Crippen LogP contribution in [0.2, 0.25) is 0 Å². The Morgan fingerprint density at radius 1 is 0.672 bits per heavy atom. The van der Waals surface area contributed by atoms with E-state index < -0.39 is 11.2 Å². The fourth-order valence-electron chi connectivity index (χ4n) is 7.24. The Kier molecular flexibility index (Phi) is 14.8. The van der Waals surface area contributed by atoms with E-state index in [-0.39, 0.29) is 0 Å². The molecule has 2 aromatic carbocycles. The topological polar surface area (TPSA) is 194 Å². The largest absolute Gasteiger partial charge is 0.495 e. The van der Waals surface area contributed by atoms with Crippen LogP contribution in [0.1, 0.15) is 37.7 Å². The highest BCUT2D eigenvalue weighted by Gasteiger charge is 2.23. The maximum Gasteiger partial charge on any atom is 0.180 e. The van der Waals surface area contributed by atoms with Crippen LogP contribution in [-0.2, 0) is 20.7 Å². The van der Waals surface area contributed by atoms with Gasteiger partial charge >= 0.3 is 0 Å². The van der Waals surface area contributed by atoms with Crippen LogP contribution < -0.4 is 29.9 Å². The summed E-state index contributed by atoms with van der Waals surface area (Å²) in [5.74, 6) is 2.91. The minimum absolute atomic E-state index is 0.622. The van der Waals surface area contributed by atoms with Gasteiger partial charge in [0.2, 0.25) is 0 Å². The Hall–Kier alpha value is -5.94. The van der Waals surface area contributed by atoms with E-state index in [2.05, 4.69) is 73.4 Å². The van der Waals surface area contributed by atoms with Gasteiger partial charge in [0.1, 0.15) is 43.0 Å². The number of ether oxygens (including phenoxy) is 4. The third kappa shape index (κ3) is 11.6. The smallest absolute Gasteiger partial charge is 0.180 e. The van der Waals surface area contributed by atoms with Crippen molar-refractivity contribution in [1.82, 2.24) is 38.7 Å². The predicted octanol–water partition coefficient (Wildman–Crippen LogP) is 8.12. The molecule has 0 unspecified atom stereocenters. The molecule has 21 heteroatoms. The average Bonchev–Trinajstić information content (AvgIpc) is 4.18. The minimum atomic E-state index is -0.998. The number of aromatic nitrogens is 8. The van der Waals surface area contributed by atoms with E-state index in [1.165, 1.54) is 22.7 Å². The summed E-state index contributed by atoms with van der Waals surface area (Å²) >= 11 is 6.32. The molecule has 0 amide bonds. The maximum atomic E-state index is 10.3. The fourth-order valence-corrected chi connectivity index (χ4v) is 9.17. The number of aliphatic hydroxyl groups is 2. The lowest BCUT2D eigenvalue weighted by Gasteiger charge is -2.30. The van der Waals surface area contributed by atoms with Crippen molar-refractivity contribution in [2.45, 2.75) is 38.9 Å². The first-order valence-electron chi connectivity index (χ1n) is 21.5. The molecule has 2 fully saturated rings. The molecule has 67 heavy (non-hydrogen) atoms. The zero-order chi connectivity index (χ0) is 47.1. The molecule has 0 spiro atoms. The van der Waals surface area contributed by atoms with Crippen LogP contribution in [0.25, 0.3) is 21.9 Å². The summed E-state index contributed by atoms with van der Waals surface area (Å²) in [6.45, 7) is 13.2. The predicted molar refractivity (Wildman–Crippen MR) is 266 cm³/mol. The van der Waals surface area contributed by atoms with Gasteiger partial charge < -0.3 is 58.4 Å². The zero-order valence-electron chi connectivity index (χ0n) is 38.0. The molecular formula is C46H53BrN12O6S2. The molecule has 8 heterocycles. The van der Waals surface area contributed by atoms with Gasteiger partial charge in [-0.3, -0.25) is 0 Å². The lowest BCUT2D eigenvalue weighted by molar-refractivity contribution is 0.0777. The number of halogens is 1. The molecule has 0 atom stereocenters. The van der Waals surface area contributed by atoms with E-state index >= 15 is 0 Å². The van der Waals surface area contributed by atoms with Crippen molar-refractivity contribution < 1.29 is 29.2 Å². The molecule has 18 nitrogen and oxygen atoms in total. The number of nitrogens with one attached hydrogen (secondary N) is 2. The van der Waals surface area contributed by atoms with Crippen molar-refractivity contribution in [3.05, 3.63) is 106 Å². The number of hydrogen-bond donors (Lipinski definition) is 4. The van der Waals surface area contributed by atoms with E-state index in [9.17, 15) is 10.2 Å². The van der Waals surface area contributed by atoms with Crippen LogP contribution in [0.15, 0.2) is 96.0 Å². The van der Waals surface area contributed by atoms with E-state index in [1.54, 1.807) is 66.7 Å². The molecule has 8 aromatic rings. The van der Waals surface area contributed by atoms with Crippen LogP contribution in [0, 0.1) is 0 Å². The zero-order valence-corrected chi connectivity index (χ0v) is 41.2. The molecule has 2 saturated heterocycles. The van der Waals surface area contributed by atoms with Crippen LogP contribution in [-0.4, -0.2) is 116 Å². The van der Waals surface area contributed by atoms with Gasteiger partial charge in [-0.15, -0.1) is 22.7 Å². The van der Waals surface area contributed by atoms with Crippen LogP contribution >= 0.6 is 38.6 Å². The van der Waals surface area contributed by atoms with Gasteiger partial charge in [0.25, 0.3) is 0 Å². The molecule has 0 bridgehead atoms. The number of anilines is 6. The molecule has 0 saturated carbocycles. The number of thiazole rings is 2. The van der Waals surface area contributed by atoms with Crippen molar-refractivity contribution in [2.24, 2.45) is 0 Å². The van der Waals surface area contributed by atoms with Crippen molar-refractivity contribution in [1.29, 1.82) is 0 Å². The monoisotopic (exact) mass is 1010 g/mol. The molecule has 0 aliphatic carbocycles. The first-order valence-corrected chi connectivity index (χ1v) is 24.0. The van der Waals surface area contributed by atoms with Gasteiger partial charge in [-0.2, -0.15) is 0 Å². The number of nitrogens with zero attached hydrogens (tertiary/aromatic N) is 10. The molecule has 2 aliphatic heterocycles. The first-order chi connectivity index (χ1) is 32.3. The SMILES string of the molecule is CC(C)(O)c1nccs1.COc1cc(Nc2nc(-c3cnc(C(C)(C)O)s3)cn3ccnc23)ccc1N1CCOCC1.COc1cc(Nc2nc(Br)cn3ccnc23)ccc1N1CCOCC1. The van der Waals surface area contributed by atoms with Crippen molar-refractivity contribution in [3.63, 3.8) is 0 Å². The molecule has 2 aliphatic rings. The van der Waals surface area contributed by atoms with E-state index in [4.69, 9.17) is 23.9 Å². The Labute approximate surface area is 404 Å². The Bertz CT molecular complexity index is 2880. The summed E-state index contributed by atoms with van der Waals surface area (Å²) in [6.07, 6.45) is 14.5. The van der Waals surface area contributed by atoms with E-state index in [1.807, 2.05) is 63.2 Å². The Morgan fingerprint density at radius 2 is 1.19 bits per heavy atom. The molecule has 4 N–H and O–H groups in total. The maximum absolute atomic E-state index is 10.3. The van der Waals surface area contributed by atoms with Gasteiger partial charge in [0.05, 0.1) is 56.9 Å². The summed E-state index contributed by atoms with van der Waals surface area (Å²) in [7, 11) is 3.37. The number of morpholine rings is 2. The molecule has 0 radical (unpaired) electrons. The minimum Gasteiger partial charge on any atom is -0.495 e. The summed E-state index contributed by atoms with van der Waals surface area (Å²) in [4.78, 5) is 31.9. The highest BCUT2D eigenvalue weighted by molar-refractivity contribution is 9.10. The van der Waals surface area contributed by atoms with Crippen LogP contribution in [0.3, 0.4) is 0 Å². The second kappa shape index (κ2) is 20.9. The van der Waals surface area contributed by atoms with Crippen molar-refractivity contribution >= 4 is 84.3 Å². The van der Waals surface area contributed by atoms with Crippen LogP contribution in [0.4, 0.5) is 34.4 Å². The lowest BCUT2D eigenvalue weighted by atomic mass is 10.2.